The first-order valence-corrected chi connectivity index (χ1v) is 6.40. The average molecular weight is 441 g/mol. The van der Waals surface area contributed by atoms with Crippen molar-refractivity contribution in [3.63, 3.8) is 0 Å². The number of aromatic hydroxyl groups is 1. The van der Waals surface area contributed by atoms with Gasteiger partial charge in [-0.3, -0.25) is 9.59 Å². The zero-order valence-corrected chi connectivity index (χ0v) is 12.1. The smallest absolute Gasteiger partial charge is 0.258 e. The number of hydrogen-bond donors (Lipinski definition) is 1. The number of phenols is 1. The van der Waals surface area contributed by atoms with Gasteiger partial charge in [0, 0.05) is 12.2 Å². The van der Waals surface area contributed by atoms with E-state index in [4.69, 9.17) is 0 Å². The van der Waals surface area contributed by atoms with Gasteiger partial charge in [-0.25, -0.2) is 4.90 Å². The number of carbonyl (C=O) groups is 2. The van der Waals surface area contributed by atoms with Crippen molar-refractivity contribution in [2.75, 3.05) is 4.90 Å². The van der Waals surface area contributed by atoms with E-state index in [-0.39, 0.29) is 17.6 Å². The van der Waals surface area contributed by atoms with Gasteiger partial charge in [-0.15, -0.1) is 0 Å². The molecule has 0 radical (unpaired) electrons. The first kappa shape index (κ1) is 11.8. The first-order chi connectivity index (χ1) is 7.50. The van der Waals surface area contributed by atoms with Crippen molar-refractivity contribution >= 4 is 62.7 Å². The molecule has 1 aliphatic rings. The number of hydrogen-bond acceptors (Lipinski definition) is 3. The fraction of sp³-hybridized carbons (Fsp3) is 0. The molecule has 0 fully saturated rings. The van der Waals surface area contributed by atoms with Gasteiger partial charge in [0.05, 0.1) is 12.8 Å². The Balaban J connectivity index is 2.50. The molecule has 0 aliphatic carbocycles. The molecular formula is C10H5I2NO3. The van der Waals surface area contributed by atoms with E-state index in [1.54, 1.807) is 12.1 Å². The topological polar surface area (TPSA) is 57.6 Å². The number of imide groups is 1. The van der Waals surface area contributed by atoms with E-state index in [1.165, 1.54) is 12.2 Å². The second-order valence-electron chi connectivity index (χ2n) is 3.10. The fourth-order valence-corrected chi connectivity index (χ4v) is 3.07. The van der Waals surface area contributed by atoms with Gasteiger partial charge < -0.3 is 5.11 Å². The maximum absolute atomic E-state index is 11.4. The molecule has 0 saturated carbocycles. The molecule has 0 saturated heterocycles. The lowest BCUT2D eigenvalue weighted by Gasteiger charge is -2.15. The van der Waals surface area contributed by atoms with E-state index in [9.17, 15) is 14.7 Å². The summed E-state index contributed by atoms with van der Waals surface area (Å²) in [6.45, 7) is 0. The summed E-state index contributed by atoms with van der Waals surface area (Å²) in [6, 6.07) is 3.20. The van der Waals surface area contributed by atoms with Gasteiger partial charge in [-0.2, -0.15) is 0 Å². The Morgan fingerprint density at radius 2 is 1.44 bits per heavy atom. The predicted octanol–water partition coefficient (Wildman–Crippen LogP) is 2.03. The van der Waals surface area contributed by atoms with Crippen molar-refractivity contribution in [3.05, 3.63) is 31.4 Å². The summed E-state index contributed by atoms with van der Waals surface area (Å²) in [7, 11) is 0. The lowest BCUT2D eigenvalue weighted by Crippen LogP contribution is -2.29. The largest absolute Gasteiger partial charge is 0.506 e. The van der Waals surface area contributed by atoms with Crippen LogP contribution in [0.2, 0.25) is 0 Å². The summed E-state index contributed by atoms with van der Waals surface area (Å²) in [4.78, 5) is 24.0. The minimum atomic E-state index is -0.359. The third-order valence-electron chi connectivity index (χ3n) is 2.07. The zero-order valence-electron chi connectivity index (χ0n) is 7.78. The predicted molar refractivity (Wildman–Crippen MR) is 75.2 cm³/mol. The molecule has 0 spiro atoms. The number of nitrogens with zero attached hydrogens (tertiary/aromatic N) is 1. The molecule has 0 atom stereocenters. The van der Waals surface area contributed by atoms with Crippen molar-refractivity contribution in [2.45, 2.75) is 0 Å². The van der Waals surface area contributed by atoms with E-state index in [0.29, 0.717) is 12.8 Å². The van der Waals surface area contributed by atoms with Crippen molar-refractivity contribution in [2.24, 2.45) is 0 Å². The van der Waals surface area contributed by atoms with Crippen molar-refractivity contribution in [3.8, 4) is 5.75 Å². The van der Waals surface area contributed by atoms with Crippen LogP contribution < -0.4 is 4.90 Å². The molecule has 2 amide bonds. The quantitative estimate of drug-likeness (QED) is 0.537. The molecule has 1 aromatic rings. The molecule has 1 heterocycles. The van der Waals surface area contributed by atoms with Gasteiger partial charge >= 0.3 is 0 Å². The normalized spacial score (nSPS) is 15.0. The van der Waals surface area contributed by atoms with Crippen LogP contribution in [0.5, 0.6) is 5.75 Å². The Labute approximate surface area is 119 Å². The lowest BCUT2D eigenvalue weighted by atomic mass is 10.3. The number of benzene rings is 1. The second-order valence-corrected chi connectivity index (χ2v) is 5.43. The van der Waals surface area contributed by atoms with Crippen LogP contribution in [0, 0.1) is 7.14 Å². The summed E-state index contributed by atoms with van der Waals surface area (Å²) in [5.41, 5.74) is 0.478. The van der Waals surface area contributed by atoms with Crippen LogP contribution in [-0.4, -0.2) is 16.9 Å². The van der Waals surface area contributed by atoms with E-state index in [1.807, 2.05) is 45.2 Å². The Morgan fingerprint density at radius 1 is 1.00 bits per heavy atom. The minimum Gasteiger partial charge on any atom is -0.506 e. The van der Waals surface area contributed by atoms with Crippen LogP contribution >= 0.6 is 45.2 Å². The van der Waals surface area contributed by atoms with Crippen LogP contribution in [-0.2, 0) is 9.59 Å². The first-order valence-electron chi connectivity index (χ1n) is 4.25. The fourth-order valence-electron chi connectivity index (χ4n) is 1.34. The highest BCUT2D eigenvalue weighted by molar-refractivity contribution is 14.1. The maximum Gasteiger partial charge on any atom is 0.258 e. The highest BCUT2D eigenvalue weighted by Gasteiger charge is 2.26. The Morgan fingerprint density at radius 3 is 1.88 bits per heavy atom. The highest BCUT2D eigenvalue weighted by Crippen LogP contribution is 2.32. The molecule has 6 heteroatoms. The minimum absolute atomic E-state index is 0.164. The van der Waals surface area contributed by atoms with Gasteiger partial charge in [-0.05, 0) is 57.3 Å². The molecule has 0 aromatic heterocycles. The third kappa shape index (κ3) is 1.95. The monoisotopic (exact) mass is 441 g/mol. The van der Waals surface area contributed by atoms with E-state index in [0.717, 1.165) is 4.90 Å². The number of anilines is 1. The molecule has 4 nitrogen and oxygen atoms in total. The number of rotatable bonds is 1. The zero-order chi connectivity index (χ0) is 11.9. The van der Waals surface area contributed by atoms with E-state index in [2.05, 4.69) is 0 Å². The van der Waals surface area contributed by atoms with Gasteiger partial charge in [0.2, 0.25) is 0 Å². The number of phenolic OH excluding ortho intramolecular Hbond substituents is 1. The molecule has 82 valence electrons. The molecule has 1 N–H and O–H groups in total. The molecule has 1 aromatic carbocycles. The summed E-state index contributed by atoms with van der Waals surface area (Å²) in [5.74, 6) is -0.554. The van der Waals surface area contributed by atoms with Gasteiger partial charge in [-0.1, -0.05) is 0 Å². The van der Waals surface area contributed by atoms with Gasteiger partial charge in [0.1, 0.15) is 5.75 Å². The summed E-state index contributed by atoms with van der Waals surface area (Å²) < 4.78 is 1.21. The van der Waals surface area contributed by atoms with E-state index >= 15 is 0 Å². The molecule has 2 rings (SSSR count). The van der Waals surface area contributed by atoms with Crippen molar-refractivity contribution < 1.29 is 14.7 Å². The van der Waals surface area contributed by atoms with E-state index < -0.39 is 0 Å². The molecule has 0 unspecified atom stereocenters. The molecule has 1 aliphatic heterocycles. The van der Waals surface area contributed by atoms with Crippen LogP contribution in [0.4, 0.5) is 5.69 Å². The Kier molecular flexibility index (Phi) is 3.19. The highest BCUT2D eigenvalue weighted by atomic mass is 127. The number of carbonyl (C=O) groups excluding carboxylic acids is 2. The molecular weight excluding hydrogens is 436 g/mol. The summed E-state index contributed by atoms with van der Waals surface area (Å²) in [6.07, 6.45) is 2.46. The standard InChI is InChI=1S/C10H5I2NO3/c11-6-3-5(4-7(12)10(6)16)13-8(14)1-2-9(13)15/h1-4,16H. The van der Waals surface area contributed by atoms with Crippen molar-refractivity contribution in [1.82, 2.24) is 0 Å². The van der Waals surface area contributed by atoms with Gasteiger partial charge in [0.25, 0.3) is 11.8 Å². The third-order valence-corrected chi connectivity index (χ3v) is 3.71. The van der Waals surface area contributed by atoms with Crippen LogP contribution in [0.15, 0.2) is 24.3 Å². The number of amides is 2. The second kappa shape index (κ2) is 4.32. The summed E-state index contributed by atoms with van der Waals surface area (Å²) in [5, 5.41) is 9.59. The van der Waals surface area contributed by atoms with Crippen LogP contribution in [0.1, 0.15) is 0 Å². The molecule has 16 heavy (non-hydrogen) atoms. The van der Waals surface area contributed by atoms with Gasteiger partial charge in [0.15, 0.2) is 0 Å². The van der Waals surface area contributed by atoms with Crippen molar-refractivity contribution in [1.29, 1.82) is 0 Å². The van der Waals surface area contributed by atoms with Crippen LogP contribution in [0.3, 0.4) is 0 Å². The lowest BCUT2D eigenvalue weighted by molar-refractivity contribution is -0.119. The maximum atomic E-state index is 11.4. The Bertz CT molecular complexity index is 484. The summed E-state index contributed by atoms with van der Waals surface area (Å²) >= 11 is 3.90. The SMILES string of the molecule is O=C1C=CC(=O)N1c1cc(I)c(O)c(I)c1. The van der Waals surface area contributed by atoms with Crippen LogP contribution in [0.25, 0.3) is 0 Å². The number of halogens is 2. The average Bonchev–Trinajstić information content (AvgIpc) is 2.54. The Hall–Kier alpha value is -0.640. The molecule has 0 bridgehead atoms.